The van der Waals surface area contributed by atoms with Crippen LogP contribution in [0.25, 0.3) is 10.4 Å². The van der Waals surface area contributed by atoms with E-state index in [1.54, 1.807) is 24.0 Å². The number of benzene rings is 1. The molecule has 1 saturated carbocycles. The molecule has 6 rings (SSSR count). The maximum Gasteiger partial charge on any atom is 0.256 e. The van der Waals surface area contributed by atoms with E-state index in [0.29, 0.717) is 53.4 Å². The fourth-order valence-corrected chi connectivity index (χ4v) is 7.80. The Balaban J connectivity index is 1.33. The van der Waals surface area contributed by atoms with Gasteiger partial charge in [0.15, 0.2) is 5.13 Å². The lowest BCUT2D eigenvalue weighted by molar-refractivity contribution is -0.118. The fraction of sp³-hybridized carbons (Fsp3) is 0.429. The lowest BCUT2D eigenvalue weighted by Gasteiger charge is -2.26. The molecule has 2 aliphatic heterocycles. The Hall–Kier alpha value is -3.39. The molecule has 2 fully saturated rings. The maximum absolute atomic E-state index is 13.5. The molecule has 3 aliphatic rings. The Morgan fingerprint density at radius 2 is 2.00 bits per heavy atom. The first-order valence-electron chi connectivity index (χ1n) is 13.9. The Morgan fingerprint density at radius 3 is 2.73 bits per heavy atom. The molecule has 3 aromatic rings. The van der Waals surface area contributed by atoms with Crippen LogP contribution in [0.1, 0.15) is 48.3 Å². The summed E-state index contributed by atoms with van der Waals surface area (Å²) in [5.41, 5.74) is 2.41. The topological polar surface area (TPSA) is 137 Å². The van der Waals surface area contributed by atoms with Gasteiger partial charge in [0.1, 0.15) is 11.6 Å². The number of carbonyl (C=O) groups is 2. The van der Waals surface area contributed by atoms with Gasteiger partial charge in [-0.2, -0.15) is 0 Å². The van der Waals surface area contributed by atoms with Gasteiger partial charge in [-0.1, -0.05) is 24.3 Å². The number of rotatable bonds is 9. The average Bonchev–Trinajstić information content (AvgIpc) is 3.66. The molecule has 3 N–H and O–H groups in total. The highest BCUT2D eigenvalue weighted by Crippen LogP contribution is 2.42. The first kappa shape index (κ1) is 27.8. The van der Waals surface area contributed by atoms with Gasteiger partial charge in [-0.15, -0.1) is 0 Å². The largest absolute Gasteiger partial charge is 0.331 e. The minimum atomic E-state index is -3.90. The Morgan fingerprint density at radius 1 is 1.20 bits per heavy atom. The second-order valence-electron chi connectivity index (χ2n) is 10.7. The molecule has 13 heteroatoms. The van der Waals surface area contributed by atoms with Crippen LogP contribution >= 0.6 is 11.3 Å². The number of amides is 2. The van der Waals surface area contributed by atoms with Crippen LogP contribution in [0.2, 0.25) is 0 Å². The molecular formula is C28H33N7O4S2. The summed E-state index contributed by atoms with van der Waals surface area (Å²) in [4.78, 5) is 39.4. The van der Waals surface area contributed by atoms with E-state index in [0.717, 1.165) is 23.4 Å². The van der Waals surface area contributed by atoms with E-state index in [-0.39, 0.29) is 41.4 Å². The molecule has 41 heavy (non-hydrogen) atoms. The molecular weight excluding hydrogens is 562 g/mol. The number of aromatic nitrogens is 2. The Kier molecular flexibility index (Phi) is 7.30. The van der Waals surface area contributed by atoms with Gasteiger partial charge in [0.05, 0.1) is 27.6 Å². The quantitative estimate of drug-likeness (QED) is 0.343. The van der Waals surface area contributed by atoms with Gasteiger partial charge in [0.25, 0.3) is 5.91 Å². The third-order valence-corrected chi connectivity index (χ3v) is 10.5. The minimum Gasteiger partial charge on any atom is -0.331 e. The zero-order chi connectivity index (χ0) is 28.9. The predicted octanol–water partition coefficient (Wildman–Crippen LogP) is 3.25. The summed E-state index contributed by atoms with van der Waals surface area (Å²) < 4.78 is 29.2. The summed E-state index contributed by atoms with van der Waals surface area (Å²) >= 11 is 1.38. The molecule has 2 aromatic heterocycles. The lowest BCUT2D eigenvalue weighted by atomic mass is 10.0. The number of hydrogen-bond acceptors (Lipinski definition) is 9. The van der Waals surface area contributed by atoms with E-state index in [2.05, 4.69) is 25.3 Å². The number of nitrogens with one attached hydrogen (secondary N) is 3. The van der Waals surface area contributed by atoms with Gasteiger partial charge < -0.3 is 15.5 Å². The summed E-state index contributed by atoms with van der Waals surface area (Å²) in [5, 5.41) is 6.89. The number of carbonyl (C=O) groups excluding carboxylic acids is 2. The number of thiazole rings is 1. The van der Waals surface area contributed by atoms with Gasteiger partial charge >= 0.3 is 0 Å². The standard InChI is InChI=1S/C28H33N7O4S2/c1-4-30-41(38,39)21-13-19(12-20-15-35(27(37)25(20)21)17(3)18-8-9-18)26-16(2)31-28(40-26)33-22-6-5-7-23(32-22)34-11-10-29-14-24(34)36/h5-7,12-13,17-18,29-30H,4,8-11,14-15H2,1-3H3,(H,31,32,33). The molecule has 1 unspecified atom stereocenters. The molecule has 216 valence electrons. The van der Waals surface area contributed by atoms with Crippen molar-refractivity contribution in [2.75, 3.05) is 36.4 Å². The van der Waals surface area contributed by atoms with Crippen LogP contribution < -0.4 is 20.3 Å². The van der Waals surface area contributed by atoms with Crippen molar-refractivity contribution in [2.45, 2.75) is 51.1 Å². The number of anilines is 3. The highest BCUT2D eigenvalue weighted by atomic mass is 32.2. The molecule has 0 bridgehead atoms. The van der Waals surface area contributed by atoms with E-state index in [4.69, 9.17) is 0 Å². The van der Waals surface area contributed by atoms with E-state index in [1.807, 2.05) is 36.9 Å². The highest BCUT2D eigenvalue weighted by Gasteiger charge is 2.41. The number of aryl methyl sites for hydroxylation is 1. The zero-order valence-electron chi connectivity index (χ0n) is 23.2. The third kappa shape index (κ3) is 5.34. The fourth-order valence-electron chi connectivity index (χ4n) is 5.53. The SMILES string of the molecule is CCNS(=O)(=O)c1cc(-c2sc(Nc3cccc(N4CCNCC4=O)n3)nc2C)cc2c1C(=O)N(C(C)C1CC1)C2. The van der Waals surface area contributed by atoms with Gasteiger partial charge in [-0.25, -0.2) is 23.1 Å². The van der Waals surface area contributed by atoms with Crippen LogP contribution in [0.4, 0.5) is 16.8 Å². The summed E-state index contributed by atoms with van der Waals surface area (Å²) in [6.07, 6.45) is 2.18. The second-order valence-corrected chi connectivity index (χ2v) is 13.4. The molecule has 11 nitrogen and oxygen atoms in total. The van der Waals surface area contributed by atoms with Crippen LogP contribution in [0.15, 0.2) is 35.2 Å². The van der Waals surface area contributed by atoms with Crippen molar-refractivity contribution >= 4 is 49.9 Å². The van der Waals surface area contributed by atoms with Crippen LogP contribution in [0, 0.1) is 12.8 Å². The first-order valence-corrected chi connectivity index (χ1v) is 16.2. The van der Waals surface area contributed by atoms with Crippen molar-refractivity contribution in [3.63, 3.8) is 0 Å². The molecule has 4 heterocycles. The number of pyridine rings is 1. The second kappa shape index (κ2) is 10.8. The van der Waals surface area contributed by atoms with Crippen molar-refractivity contribution in [3.8, 4) is 10.4 Å². The lowest BCUT2D eigenvalue weighted by Crippen LogP contribution is -2.48. The average molecular weight is 596 g/mol. The van der Waals surface area contributed by atoms with Gasteiger partial charge in [-0.05, 0) is 68.0 Å². The molecule has 0 radical (unpaired) electrons. The number of hydrogen-bond donors (Lipinski definition) is 3. The molecule has 1 atom stereocenters. The van der Waals surface area contributed by atoms with Crippen molar-refractivity contribution in [3.05, 3.63) is 47.2 Å². The van der Waals surface area contributed by atoms with Crippen LogP contribution in [0.3, 0.4) is 0 Å². The van der Waals surface area contributed by atoms with E-state index in [1.165, 1.54) is 11.3 Å². The Bertz CT molecular complexity index is 1630. The molecule has 1 aromatic carbocycles. The highest BCUT2D eigenvalue weighted by molar-refractivity contribution is 7.89. The summed E-state index contributed by atoms with van der Waals surface area (Å²) in [6, 6.07) is 9.04. The van der Waals surface area contributed by atoms with Crippen molar-refractivity contribution in [1.82, 2.24) is 24.9 Å². The molecule has 0 spiro atoms. The number of sulfonamides is 1. The van der Waals surface area contributed by atoms with E-state index >= 15 is 0 Å². The van der Waals surface area contributed by atoms with Crippen molar-refractivity contribution in [2.24, 2.45) is 5.92 Å². The third-order valence-electron chi connectivity index (χ3n) is 7.81. The van der Waals surface area contributed by atoms with Gasteiger partial charge in [0.2, 0.25) is 15.9 Å². The number of piperazine rings is 1. The summed E-state index contributed by atoms with van der Waals surface area (Å²) in [5.74, 6) is 1.34. The van der Waals surface area contributed by atoms with Gasteiger partial charge in [0, 0.05) is 32.2 Å². The summed E-state index contributed by atoms with van der Waals surface area (Å²) in [6.45, 7) is 7.78. The van der Waals surface area contributed by atoms with Crippen LogP contribution in [0.5, 0.6) is 0 Å². The normalized spacial score (nSPS) is 18.1. The molecule has 1 aliphatic carbocycles. The molecule has 2 amide bonds. The zero-order valence-corrected chi connectivity index (χ0v) is 24.9. The first-order chi connectivity index (χ1) is 19.7. The molecule has 1 saturated heterocycles. The van der Waals surface area contributed by atoms with Crippen LogP contribution in [-0.4, -0.2) is 67.3 Å². The number of nitrogens with zero attached hydrogens (tertiary/aromatic N) is 4. The van der Waals surface area contributed by atoms with Crippen LogP contribution in [-0.2, 0) is 21.4 Å². The van der Waals surface area contributed by atoms with Gasteiger partial charge in [-0.3, -0.25) is 14.5 Å². The summed E-state index contributed by atoms with van der Waals surface area (Å²) in [7, 11) is -3.90. The van der Waals surface area contributed by atoms with E-state index in [9.17, 15) is 18.0 Å². The Labute approximate surface area is 243 Å². The van der Waals surface area contributed by atoms with E-state index < -0.39 is 10.0 Å². The maximum atomic E-state index is 13.5. The predicted molar refractivity (Wildman–Crippen MR) is 158 cm³/mol. The smallest absolute Gasteiger partial charge is 0.256 e. The van der Waals surface area contributed by atoms with Crippen molar-refractivity contribution < 1.29 is 18.0 Å². The number of fused-ring (bicyclic) bond motifs is 1. The minimum absolute atomic E-state index is 0.0136. The monoisotopic (exact) mass is 595 g/mol. The van der Waals surface area contributed by atoms with Crippen molar-refractivity contribution in [1.29, 1.82) is 0 Å².